The van der Waals surface area contributed by atoms with Crippen LogP contribution in [-0.2, 0) is 0 Å². The molecule has 0 radical (unpaired) electrons. The fourth-order valence-electron chi connectivity index (χ4n) is 2.22. The minimum atomic E-state index is -0.641. The van der Waals surface area contributed by atoms with Crippen LogP contribution < -0.4 is 15.2 Å². The van der Waals surface area contributed by atoms with E-state index in [9.17, 15) is 9.59 Å². The number of carbonyl (C=O) groups is 2. The van der Waals surface area contributed by atoms with Crippen LogP contribution in [0.5, 0.6) is 11.5 Å². The number of anilines is 1. The Labute approximate surface area is 144 Å². The number of nitrogens with two attached hydrogens (primary N) is 1. The molecular weight excluding hydrogens is 318 g/mol. The van der Waals surface area contributed by atoms with Crippen molar-refractivity contribution in [3.63, 3.8) is 0 Å². The molecule has 25 heavy (non-hydrogen) atoms. The average Bonchev–Trinajstić information content (AvgIpc) is 2.63. The minimum absolute atomic E-state index is 0.0179. The van der Waals surface area contributed by atoms with Crippen LogP contribution in [0, 0.1) is 0 Å². The first kappa shape index (κ1) is 16.3. The second kappa shape index (κ2) is 7.31. The van der Waals surface area contributed by atoms with Crippen molar-refractivity contribution in [1.82, 2.24) is 0 Å². The summed E-state index contributed by atoms with van der Waals surface area (Å²) in [7, 11) is 0. The zero-order valence-electron chi connectivity index (χ0n) is 13.2. The maximum Gasteiger partial charge on any atom is 0.345 e. The number of carbonyl (C=O) groups excluding carboxylic acids is 2. The molecule has 5 nitrogen and oxygen atoms in total. The molecule has 0 heterocycles. The van der Waals surface area contributed by atoms with Gasteiger partial charge in [-0.15, -0.1) is 0 Å². The molecule has 5 heteroatoms. The van der Waals surface area contributed by atoms with E-state index in [1.165, 1.54) is 12.1 Å². The Balaban J connectivity index is 1.82. The normalized spacial score (nSPS) is 10.1. The quantitative estimate of drug-likeness (QED) is 0.447. The number of nitrogen functional groups attached to an aromatic ring is 1. The maximum atomic E-state index is 12.3. The van der Waals surface area contributed by atoms with E-state index in [1.54, 1.807) is 54.6 Å². The number of esters is 2. The summed E-state index contributed by atoms with van der Waals surface area (Å²) >= 11 is 0. The number of hydrogen-bond donors (Lipinski definition) is 1. The maximum absolute atomic E-state index is 12.3. The van der Waals surface area contributed by atoms with Gasteiger partial charge in [-0.2, -0.15) is 0 Å². The Hall–Kier alpha value is -3.60. The smallest absolute Gasteiger partial charge is 0.345 e. The van der Waals surface area contributed by atoms with Crippen LogP contribution in [0.1, 0.15) is 20.7 Å². The molecule has 0 saturated heterocycles. The Morgan fingerprint density at radius 2 is 1.00 bits per heavy atom. The van der Waals surface area contributed by atoms with Gasteiger partial charge in [0.15, 0.2) is 0 Å². The average molecular weight is 333 g/mol. The predicted octanol–water partition coefficient (Wildman–Crippen LogP) is 3.71. The highest BCUT2D eigenvalue weighted by Crippen LogP contribution is 2.22. The number of ether oxygens (including phenoxy) is 2. The van der Waals surface area contributed by atoms with Gasteiger partial charge in [0.25, 0.3) is 0 Å². The van der Waals surface area contributed by atoms with Gasteiger partial charge < -0.3 is 15.2 Å². The van der Waals surface area contributed by atoms with Gasteiger partial charge in [-0.25, -0.2) is 9.59 Å². The summed E-state index contributed by atoms with van der Waals surface area (Å²) in [5.74, 6) is -0.496. The highest BCUT2D eigenvalue weighted by atomic mass is 16.5. The summed E-state index contributed by atoms with van der Waals surface area (Å²) in [5, 5.41) is 0. The van der Waals surface area contributed by atoms with Gasteiger partial charge in [-0.1, -0.05) is 42.5 Å². The lowest BCUT2D eigenvalue weighted by atomic mass is 10.1. The van der Waals surface area contributed by atoms with Crippen molar-refractivity contribution in [2.75, 3.05) is 5.73 Å². The van der Waals surface area contributed by atoms with Crippen molar-refractivity contribution in [2.45, 2.75) is 0 Å². The molecule has 3 aromatic rings. The fraction of sp³-hybridized carbons (Fsp3) is 0. The Morgan fingerprint density at radius 1 is 0.600 bits per heavy atom. The summed E-state index contributed by atoms with van der Waals surface area (Å²) in [6.45, 7) is 0. The lowest BCUT2D eigenvalue weighted by Crippen LogP contribution is -2.16. The predicted molar refractivity (Wildman–Crippen MR) is 93.7 cm³/mol. The molecule has 3 rings (SSSR count). The van der Waals surface area contributed by atoms with Crippen LogP contribution in [0.4, 0.5) is 5.69 Å². The summed E-state index contributed by atoms with van der Waals surface area (Å²) in [5.41, 5.74) is 6.21. The molecule has 0 atom stereocenters. The molecule has 0 spiro atoms. The Bertz CT molecular complexity index is 820. The van der Waals surface area contributed by atoms with Crippen LogP contribution in [-0.4, -0.2) is 11.9 Å². The van der Waals surface area contributed by atoms with Crippen molar-refractivity contribution in [3.8, 4) is 11.5 Å². The van der Waals surface area contributed by atoms with Crippen molar-refractivity contribution >= 4 is 17.6 Å². The Morgan fingerprint density at radius 3 is 1.40 bits per heavy atom. The van der Waals surface area contributed by atoms with Gasteiger partial charge in [0.2, 0.25) is 0 Å². The molecule has 0 aliphatic rings. The zero-order chi connectivity index (χ0) is 17.6. The summed E-state index contributed by atoms with van der Waals surface area (Å²) in [6, 6.07) is 21.8. The van der Waals surface area contributed by atoms with Gasteiger partial charge in [0.1, 0.15) is 11.5 Å². The highest BCUT2D eigenvalue weighted by Gasteiger charge is 2.19. The molecule has 0 amide bonds. The van der Waals surface area contributed by atoms with E-state index in [1.807, 2.05) is 12.1 Å². The first-order valence-electron chi connectivity index (χ1n) is 7.58. The van der Waals surface area contributed by atoms with E-state index < -0.39 is 11.9 Å². The SMILES string of the molecule is Nc1c(C(=O)Oc2ccccc2)cccc1C(=O)Oc1ccccc1. The first-order valence-corrected chi connectivity index (χ1v) is 7.58. The second-order valence-corrected chi connectivity index (χ2v) is 5.17. The van der Waals surface area contributed by atoms with Crippen LogP contribution in [0.2, 0.25) is 0 Å². The van der Waals surface area contributed by atoms with Crippen molar-refractivity contribution in [2.24, 2.45) is 0 Å². The zero-order valence-corrected chi connectivity index (χ0v) is 13.2. The minimum Gasteiger partial charge on any atom is -0.423 e. The van der Waals surface area contributed by atoms with E-state index >= 15 is 0 Å². The molecular formula is C20H15NO4. The van der Waals surface area contributed by atoms with E-state index in [-0.39, 0.29) is 16.8 Å². The molecule has 2 N–H and O–H groups in total. The lowest BCUT2D eigenvalue weighted by molar-refractivity contribution is 0.0734. The van der Waals surface area contributed by atoms with E-state index in [0.29, 0.717) is 11.5 Å². The van der Waals surface area contributed by atoms with Crippen molar-refractivity contribution in [3.05, 3.63) is 90.0 Å². The van der Waals surface area contributed by atoms with Crippen LogP contribution in [0.15, 0.2) is 78.9 Å². The van der Waals surface area contributed by atoms with Gasteiger partial charge in [0.05, 0.1) is 16.8 Å². The molecule has 0 unspecified atom stereocenters. The van der Waals surface area contributed by atoms with E-state index in [2.05, 4.69) is 0 Å². The number of benzene rings is 3. The molecule has 0 bridgehead atoms. The third-order valence-corrected chi connectivity index (χ3v) is 3.45. The molecule has 124 valence electrons. The van der Waals surface area contributed by atoms with Gasteiger partial charge in [0, 0.05) is 0 Å². The number of para-hydroxylation sites is 3. The monoisotopic (exact) mass is 333 g/mol. The van der Waals surface area contributed by atoms with Crippen LogP contribution >= 0.6 is 0 Å². The van der Waals surface area contributed by atoms with Crippen molar-refractivity contribution < 1.29 is 19.1 Å². The van der Waals surface area contributed by atoms with Gasteiger partial charge in [-0.05, 0) is 36.4 Å². The third kappa shape index (κ3) is 3.84. The largest absolute Gasteiger partial charge is 0.423 e. The molecule has 3 aromatic carbocycles. The van der Waals surface area contributed by atoms with Crippen LogP contribution in [0.25, 0.3) is 0 Å². The van der Waals surface area contributed by atoms with Gasteiger partial charge >= 0.3 is 11.9 Å². The Kier molecular flexibility index (Phi) is 4.76. The van der Waals surface area contributed by atoms with Gasteiger partial charge in [-0.3, -0.25) is 0 Å². The number of rotatable bonds is 4. The summed E-state index contributed by atoms with van der Waals surface area (Å²) < 4.78 is 10.5. The topological polar surface area (TPSA) is 78.6 Å². The molecule has 0 aliphatic heterocycles. The molecule has 0 aliphatic carbocycles. The van der Waals surface area contributed by atoms with Crippen molar-refractivity contribution in [1.29, 1.82) is 0 Å². The standard InChI is InChI=1S/C20H15NO4/c21-18-16(19(22)24-14-8-3-1-4-9-14)12-7-13-17(18)20(23)25-15-10-5-2-6-11-15/h1-13H,21H2. The molecule has 0 aromatic heterocycles. The molecule has 0 fully saturated rings. The summed E-state index contributed by atoms with van der Waals surface area (Å²) in [4.78, 5) is 24.6. The van der Waals surface area contributed by atoms with E-state index in [0.717, 1.165) is 0 Å². The molecule has 0 saturated carbocycles. The third-order valence-electron chi connectivity index (χ3n) is 3.45. The summed E-state index contributed by atoms with van der Waals surface area (Å²) in [6.07, 6.45) is 0. The fourth-order valence-corrected chi connectivity index (χ4v) is 2.22. The van der Waals surface area contributed by atoms with Crippen LogP contribution in [0.3, 0.4) is 0 Å². The second-order valence-electron chi connectivity index (χ2n) is 5.17. The van der Waals surface area contributed by atoms with E-state index in [4.69, 9.17) is 15.2 Å². The lowest BCUT2D eigenvalue weighted by Gasteiger charge is -2.10. The number of hydrogen-bond acceptors (Lipinski definition) is 5. The first-order chi connectivity index (χ1) is 12.1. The highest BCUT2D eigenvalue weighted by molar-refractivity contribution is 6.04.